The molecule has 1 aliphatic heterocycles. The quantitative estimate of drug-likeness (QED) is 0.622. The number of aromatic amines is 3. The maximum Gasteiger partial charge on any atom is 0.270 e. The molecular formula is C13H15N5O3. The van der Waals surface area contributed by atoms with Crippen molar-refractivity contribution in [3.8, 4) is 0 Å². The largest absolute Gasteiger partial charge is 0.364 e. The molecule has 1 aliphatic rings. The molecule has 3 rings (SSSR count). The molecule has 2 aromatic heterocycles. The van der Waals surface area contributed by atoms with Crippen LogP contribution in [-0.4, -0.2) is 45.0 Å². The predicted molar refractivity (Wildman–Crippen MR) is 74.0 cm³/mol. The van der Waals surface area contributed by atoms with E-state index < -0.39 is 5.91 Å². The molecule has 3 heterocycles. The molecule has 1 fully saturated rings. The van der Waals surface area contributed by atoms with E-state index in [-0.39, 0.29) is 23.1 Å². The Morgan fingerprint density at radius 3 is 2.62 bits per heavy atom. The summed E-state index contributed by atoms with van der Waals surface area (Å²) in [6.07, 6.45) is 0.781. The van der Waals surface area contributed by atoms with Crippen LogP contribution in [0.25, 0.3) is 0 Å². The summed E-state index contributed by atoms with van der Waals surface area (Å²) >= 11 is 0. The minimum Gasteiger partial charge on any atom is -0.364 e. The summed E-state index contributed by atoms with van der Waals surface area (Å²) in [6, 6.07) is 4.55. The molecule has 0 aromatic carbocycles. The number of hydrogen-bond donors (Lipinski definition) is 4. The lowest BCUT2D eigenvalue weighted by Gasteiger charge is -2.15. The van der Waals surface area contributed by atoms with Crippen LogP contribution in [0.4, 0.5) is 0 Å². The van der Waals surface area contributed by atoms with E-state index >= 15 is 0 Å². The molecule has 0 saturated carbocycles. The summed E-state index contributed by atoms with van der Waals surface area (Å²) < 4.78 is 0. The van der Waals surface area contributed by atoms with Crippen LogP contribution in [0.2, 0.25) is 0 Å². The molecule has 1 unspecified atom stereocenters. The van der Waals surface area contributed by atoms with Crippen LogP contribution < -0.4 is 11.3 Å². The van der Waals surface area contributed by atoms with Crippen LogP contribution in [0.15, 0.2) is 23.0 Å². The first-order valence-electron chi connectivity index (χ1n) is 6.60. The standard InChI is InChI=1S/C13H15N5O3/c14-12(20)8-1-2-9(15-8)13(21)18-4-3-7(6-18)10-5-11(19)17-16-10/h1-2,5,7,15H,3-4,6H2,(H2,14,20)(H2,16,17,19). The zero-order chi connectivity index (χ0) is 15.0. The van der Waals surface area contributed by atoms with Crippen molar-refractivity contribution < 1.29 is 9.59 Å². The number of aromatic nitrogens is 3. The Balaban J connectivity index is 1.71. The number of carbonyl (C=O) groups is 2. The van der Waals surface area contributed by atoms with Gasteiger partial charge in [0.05, 0.1) is 0 Å². The number of hydrogen-bond acceptors (Lipinski definition) is 3. The molecule has 0 aliphatic carbocycles. The summed E-state index contributed by atoms with van der Waals surface area (Å²) in [6.45, 7) is 1.12. The average molecular weight is 289 g/mol. The lowest BCUT2D eigenvalue weighted by Crippen LogP contribution is -2.29. The van der Waals surface area contributed by atoms with E-state index in [0.717, 1.165) is 12.1 Å². The SMILES string of the molecule is NC(=O)c1ccc(C(=O)N2CCC(c3cc(=O)[nH][nH]3)C2)[nH]1. The summed E-state index contributed by atoms with van der Waals surface area (Å²) in [7, 11) is 0. The Labute approximate surface area is 119 Å². The van der Waals surface area contributed by atoms with Crippen molar-refractivity contribution in [3.63, 3.8) is 0 Å². The number of amides is 2. The third kappa shape index (κ3) is 2.47. The zero-order valence-electron chi connectivity index (χ0n) is 11.2. The second kappa shape index (κ2) is 4.97. The Morgan fingerprint density at radius 2 is 2.00 bits per heavy atom. The summed E-state index contributed by atoms with van der Waals surface area (Å²) in [5.74, 6) is -0.667. The lowest BCUT2D eigenvalue weighted by molar-refractivity contribution is 0.0785. The summed E-state index contributed by atoms with van der Waals surface area (Å²) in [4.78, 5) is 38.9. The van der Waals surface area contributed by atoms with Gasteiger partial charge in [0.15, 0.2) is 0 Å². The van der Waals surface area contributed by atoms with Crippen molar-refractivity contribution in [3.05, 3.63) is 45.6 Å². The minimum atomic E-state index is -0.599. The van der Waals surface area contributed by atoms with E-state index in [1.165, 1.54) is 12.1 Å². The Kier molecular flexibility index (Phi) is 3.13. The van der Waals surface area contributed by atoms with Gasteiger partial charge in [-0.15, -0.1) is 0 Å². The number of nitrogens with two attached hydrogens (primary N) is 1. The van der Waals surface area contributed by atoms with Crippen molar-refractivity contribution >= 4 is 11.8 Å². The Morgan fingerprint density at radius 1 is 1.24 bits per heavy atom. The van der Waals surface area contributed by atoms with E-state index in [0.29, 0.717) is 18.8 Å². The highest BCUT2D eigenvalue weighted by molar-refractivity contribution is 5.96. The van der Waals surface area contributed by atoms with Gasteiger partial charge in [0.1, 0.15) is 11.4 Å². The molecule has 2 aromatic rings. The van der Waals surface area contributed by atoms with Crippen molar-refractivity contribution in [2.75, 3.05) is 13.1 Å². The minimum absolute atomic E-state index is 0.110. The molecular weight excluding hydrogens is 274 g/mol. The number of nitrogens with one attached hydrogen (secondary N) is 3. The van der Waals surface area contributed by atoms with Gasteiger partial charge in [0.2, 0.25) is 0 Å². The fourth-order valence-corrected chi connectivity index (χ4v) is 2.60. The molecule has 8 heteroatoms. The summed E-state index contributed by atoms with van der Waals surface area (Å²) in [5, 5.41) is 5.32. The smallest absolute Gasteiger partial charge is 0.270 e. The highest BCUT2D eigenvalue weighted by atomic mass is 16.2. The van der Waals surface area contributed by atoms with Gasteiger partial charge < -0.3 is 20.7 Å². The lowest BCUT2D eigenvalue weighted by atomic mass is 10.1. The van der Waals surface area contributed by atoms with Crippen LogP contribution in [-0.2, 0) is 0 Å². The van der Waals surface area contributed by atoms with Gasteiger partial charge in [-0.2, -0.15) is 0 Å². The highest BCUT2D eigenvalue weighted by Crippen LogP contribution is 2.25. The van der Waals surface area contributed by atoms with E-state index in [9.17, 15) is 14.4 Å². The molecule has 2 amide bonds. The van der Waals surface area contributed by atoms with E-state index in [2.05, 4.69) is 15.2 Å². The van der Waals surface area contributed by atoms with Gasteiger partial charge >= 0.3 is 0 Å². The normalized spacial score (nSPS) is 18.1. The van der Waals surface area contributed by atoms with Crippen molar-refractivity contribution in [1.29, 1.82) is 0 Å². The number of H-pyrrole nitrogens is 3. The third-order valence-corrected chi connectivity index (χ3v) is 3.71. The molecule has 5 N–H and O–H groups in total. The molecule has 110 valence electrons. The maximum absolute atomic E-state index is 12.3. The topological polar surface area (TPSA) is 128 Å². The second-order valence-electron chi connectivity index (χ2n) is 5.10. The molecule has 8 nitrogen and oxygen atoms in total. The van der Waals surface area contributed by atoms with Crippen molar-refractivity contribution in [2.24, 2.45) is 5.73 Å². The van der Waals surface area contributed by atoms with Crippen LogP contribution >= 0.6 is 0 Å². The molecule has 21 heavy (non-hydrogen) atoms. The summed E-state index contributed by atoms with van der Waals surface area (Å²) in [5.41, 5.74) is 6.33. The van der Waals surface area contributed by atoms with E-state index in [1.54, 1.807) is 11.0 Å². The van der Waals surface area contributed by atoms with Crippen LogP contribution in [0.5, 0.6) is 0 Å². The van der Waals surface area contributed by atoms with Gasteiger partial charge in [-0.3, -0.25) is 19.5 Å². The monoisotopic (exact) mass is 289 g/mol. The van der Waals surface area contributed by atoms with Crippen LogP contribution in [0.1, 0.15) is 39.0 Å². The first-order valence-corrected chi connectivity index (χ1v) is 6.60. The fraction of sp³-hybridized carbons (Fsp3) is 0.308. The van der Waals surface area contributed by atoms with Crippen LogP contribution in [0.3, 0.4) is 0 Å². The first-order chi connectivity index (χ1) is 10.0. The van der Waals surface area contributed by atoms with E-state index in [1.807, 2.05) is 0 Å². The maximum atomic E-state index is 12.3. The van der Waals surface area contributed by atoms with Gasteiger partial charge in [0, 0.05) is 30.8 Å². The van der Waals surface area contributed by atoms with Gasteiger partial charge in [-0.25, -0.2) is 0 Å². The number of nitrogens with zero attached hydrogens (tertiary/aromatic N) is 1. The molecule has 0 radical (unpaired) electrons. The zero-order valence-corrected chi connectivity index (χ0v) is 11.2. The molecule has 0 spiro atoms. The first kappa shape index (κ1) is 13.2. The number of primary amides is 1. The van der Waals surface area contributed by atoms with Gasteiger partial charge in [0.25, 0.3) is 17.4 Å². The fourth-order valence-electron chi connectivity index (χ4n) is 2.60. The van der Waals surface area contributed by atoms with Gasteiger partial charge in [-0.1, -0.05) is 0 Å². The molecule has 1 saturated heterocycles. The molecule has 0 bridgehead atoms. The van der Waals surface area contributed by atoms with Crippen molar-refractivity contribution in [1.82, 2.24) is 20.1 Å². The highest BCUT2D eigenvalue weighted by Gasteiger charge is 2.29. The predicted octanol–water partition coefficient (Wildman–Crippen LogP) is -0.240. The van der Waals surface area contributed by atoms with Crippen molar-refractivity contribution in [2.45, 2.75) is 12.3 Å². The average Bonchev–Trinajstić information content (AvgIpc) is 3.17. The Hall–Kier alpha value is -2.77. The second-order valence-corrected chi connectivity index (χ2v) is 5.10. The van der Waals surface area contributed by atoms with E-state index in [4.69, 9.17) is 5.73 Å². The third-order valence-electron chi connectivity index (χ3n) is 3.71. The molecule has 1 atom stereocenters. The number of likely N-dealkylation sites (tertiary alicyclic amines) is 1. The number of rotatable bonds is 3. The van der Waals surface area contributed by atoms with Crippen LogP contribution in [0, 0.1) is 0 Å². The number of carbonyl (C=O) groups excluding carboxylic acids is 2. The Bertz CT molecular complexity index is 741. The van der Waals surface area contributed by atoms with Gasteiger partial charge in [-0.05, 0) is 18.6 Å².